The number of nitrogens with one attached hydrogen (secondary N) is 6. The Bertz CT molecular complexity index is 1920. The van der Waals surface area contributed by atoms with Gasteiger partial charge in [0.15, 0.2) is 5.96 Å². The lowest BCUT2D eigenvalue weighted by Gasteiger charge is -2.24. The summed E-state index contributed by atoms with van der Waals surface area (Å²) in [4.78, 5) is 75.2. The topological polar surface area (TPSA) is 289 Å². The summed E-state index contributed by atoms with van der Waals surface area (Å²) in [6.45, 7) is 3.42. The Hall–Kier alpha value is -6.90. The van der Waals surface area contributed by atoms with Crippen molar-refractivity contribution in [1.82, 2.24) is 31.9 Å². The zero-order chi connectivity index (χ0) is 45.9. The van der Waals surface area contributed by atoms with Gasteiger partial charge in [0, 0.05) is 39.1 Å². The number of guanidine groups is 1. The van der Waals surface area contributed by atoms with Gasteiger partial charge >= 0.3 is 18.2 Å². The van der Waals surface area contributed by atoms with Crippen LogP contribution in [0.5, 0.6) is 11.5 Å². The van der Waals surface area contributed by atoms with Crippen LogP contribution in [0.4, 0.5) is 18.0 Å². The number of amides is 6. The van der Waals surface area contributed by atoms with Gasteiger partial charge in [-0.1, -0.05) is 61.5 Å². The average molecular weight is 874 g/mol. The number of aliphatic imine (C=N–C) groups is 1. The number of aliphatic carboxylic acids is 1. The molecule has 3 rings (SSSR count). The molecule has 6 amide bonds. The second-order valence-corrected chi connectivity index (χ2v) is 13.3. The van der Waals surface area contributed by atoms with E-state index in [0.717, 1.165) is 5.56 Å². The van der Waals surface area contributed by atoms with Gasteiger partial charge in [-0.15, -0.1) is 0 Å². The lowest BCUT2D eigenvalue weighted by molar-refractivity contribution is -0.192. The van der Waals surface area contributed by atoms with E-state index in [4.69, 9.17) is 26.1 Å². The van der Waals surface area contributed by atoms with Crippen molar-refractivity contribution in [3.8, 4) is 11.5 Å². The number of unbranched alkanes of at least 4 members (excludes halogenated alkanes) is 1. The Labute approximate surface area is 356 Å². The maximum Gasteiger partial charge on any atom is 0.490 e. The van der Waals surface area contributed by atoms with Gasteiger partial charge in [-0.2, -0.15) is 18.2 Å². The predicted molar refractivity (Wildman–Crippen MR) is 223 cm³/mol. The van der Waals surface area contributed by atoms with Crippen molar-refractivity contribution in [3.63, 3.8) is 0 Å². The van der Waals surface area contributed by atoms with Crippen LogP contribution in [0.15, 0.2) is 83.9 Å². The van der Waals surface area contributed by atoms with Gasteiger partial charge in [-0.3, -0.25) is 19.2 Å². The number of phenolic OH excluding ortho intramolecular Hbond substituents is 1. The molecule has 62 heavy (non-hydrogen) atoms. The molecular formula is C41H54F3N9O9. The number of aromatic hydroxyl groups is 1. The summed E-state index contributed by atoms with van der Waals surface area (Å²) in [5.41, 5.74) is 13.3. The summed E-state index contributed by atoms with van der Waals surface area (Å²) < 4.78 is 37.7. The van der Waals surface area contributed by atoms with Crippen LogP contribution < -0.4 is 48.1 Å². The first kappa shape index (κ1) is 51.2. The summed E-state index contributed by atoms with van der Waals surface area (Å²) in [6, 6.07) is 21.2. The minimum atomic E-state index is -5.08. The second kappa shape index (κ2) is 27.8. The highest BCUT2D eigenvalue weighted by Crippen LogP contribution is 2.28. The van der Waals surface area contributed by atoms with Crippen LogP contribution >= 0.6 is 0 Å². The third kappa shape index (κ3) is 20.9. The van der Waals surface area contributed by atoms with Gasteiger partial charge in [-0.25, -0.2) is 9.59 Å². The van der Waals surface area contributed by atoms with E-state index >= 15 is 0 Å². The molecule has 1 unspecified atom stereocenters. The van der Waals surface area contributed by atoms with Crippen molar-refractivity contribution in [2.24, 2.45) is 16.5 Å². The first-order chi connectivity index (χ1) is 29.5. The van der Waals surface area contributed by atoms with Gasteiger partial charge in [0.05, 0.1) is 19.1 Å². The van der Waals surface area contributed by atoms with E-state index in [1.807, 2.05) is 36.4 Å². The number of carbonyl (C=O) groups excluding carboxylic acids is 5. The summed E-state index contributed by atoms with van der Waals surface area (Å²) in [6.07, 6.45) is -2.76. The number of hydrogen-bond acceptors (Lipinski definition) is 9. The molecular weight excluding hydrogens is 819 g/mol. The largest absolute Gasteiger partial charge is 0.508 e. The molecule has 21 heteroatoms. The van der Waals surface area contributed by atoms with E-state index in [2.05, 4.69) is 36.9 Å². The van der Waals surface area contributed by atoms with Crippen LogP contribution in [0.3, 0.4) is 0 Å². The molecule has 18 nitrogen and oxygen atoms in total. The van der Waals surface area contributed by atoms with Crippen LogP contribution in [-0.2, 0) is 30.5 Å². The number of ether oxygens (including phenoxy) is 1. The molecule has 3 aromatic rings. The molecule has 0 saturated carbocycles. The Kier molecular flexibility index (Phi) is 23.0. The van der Waals surface area contributed by atoms with Crippen molar-refractivity contribution in [2.75, 3.05) is 39.3 Å². The maximum atomic E-state index is 14.2. The number of halogens is 3. The molecule has 0 saturated heterocycles. The summed E-state index contributed by atoms with van der Waals surface area (Å²) in [5.74, 6) is -4.15. The summed E-state index contributed by atoms with van der Waals surface area (Å²) in [7, 11) is 0. The minimum Gasteiger partial charge on any atom is -0.508 e. The van der Waals surface area contributed by atoms with Crippen molar-refractivity contribution >= 4 is 41.6 Å². The number of phenols is 1. The summed E-state index contributed by atoms with van der Waals surface area (Å²) >= 11 is 0. The fourth-order valence-electron chi connectivity index (χ4n) is 5.30. The van der Waals surface area contributed by atoms with Gasteiger partial charge in [0.2, 0.25) is 23.6 Å². The number of benzene rings is 3. The van der Waals surface area contributed by atoms with Crippen LogP contribution in [0, 0.1) is 0 Å². The number of carboxylic acid groups (broad SMARTS) is 1. The highest BCUT2D eigenvalue weighted by Gasteiger charge is 2.38. The third-order valence-corrected chi connectivity index (χ3v) is 8.45. The molecule has 0 aliphatic carbocycles. The fraction of sp³-hybridized carbons (Fsp3) is 0.390. The quantitative estimate of drug-likeness (QED) is 0.0395. The van der Waals surface area contributed by atoms with Gasteiger partial charge < -0.3 is 58.3 Å². The average Bonchev–Trinajstić information content (AvgIpc) is 3.24. The second-order valence-electron chi connectivity index (χ2n) is 13.3. The van der Waals surface area contributed by atoms with Crippen LogP contribution in [0.2, 0.25) is 0 Å². The molecule has 3 aromatic carbocycles. The molecule has 0 heterocycles. The van der Waals surface area contributed by atoms with E-state index in [-0.39, 0.29) is 62.7 Å². The van der Waals surface area contributed by atoms with E-state index < -0.39 is 42.0 Å². The Morgan fingerprint density at radius 3 is 2.03 bits per heavy atom. The predicted octanol–water partition coefficient (Wildman–Crippen LogP) is 2.11. The van der Waals surface area contributed by atoms with E-state index in [0.29, 0.717) is 55.7 Å². The normalized spacial score (nSPS) is 12.0. The number of rotatable bonds is 22. The SMILES string of the molecule is CCC(=O)NCCNC(=O)/N=C(/N)NCCC[C@@H](NC(=O)C(c1ccccc1)c1cccc(OCCCCNC(=O)CN)c1)C(=O)NCc1ccc(O)cc1.O=C(O)C(F)(F)F. The van der Waals surface area contributed by atoms with Gasteiger partial charge in [0.1, 0.15) is 17.5 Å². The standard InChI is InChI=1S/C39H53N9O7.C2HF3O2/c1-2-33(50)43-21-22-45-39(54)48-38(41)44-20-9-14-32(36(52)46-26-27-15-17-30(49)18-16-27)47-37(53)35(28-10-4-3-5-11-28)29-12-8-13-31(24-29)55-23-7-6-19-42-34(51)25-40;3-2(4,5)1(6)7/h3-5,8,10-13,15-18,24,32,35,49H,2,6-7,9,14,19-23,25-26,40H2,1H3,(H,42,51)(H,43,50)(H,46,52)(H,47,53)(H4,41,44,45,48,54);(H,6,7)/t32-,35?;/m1./s1. The molecule has 338 valence electrons. The van der Waals surface area contributed by atoms with Crippen molar-refractivity contribution in [2.45, 2.75) is 63.7 Å². The van der Waals surface area contributed by atoms with Gasteiger partial charge in [-0.05, 0) is 66.6 Å². The van der Waals surface area contributed by atoms with Crippen LogP contribution in [0.25, 0.3) is 0 Å². The molecule has 0 fully saturated rings. The highest BCUT2D eigenvalue weighted by atomic mass is 19.4. The Morgan fingerprint density at radius 2 is 1.39 bits per heavy atom. The van der Waals surface area contributed by atoms with Crippen LogP contribution in [0.1, 0.15) is 61.6 Å². The van der Waals surface area contributed by atoms with E-state index in [1.54, 1.807) is 37.3 Å². The number of hydrogen-bond donors (Lipinski definition) is 10. The number of carbonyl (C=O) groups is 6. The van der Waals surface area contributed by atoms with Gasteiger partial charge in [0.25, 0.3) is 0 Å². The monoisotopic (exact) mass is 873 g/mol. The molecule has 0 aliphatic heterocycles. The van der Waals surface area contributed by atoms with Crippen molar-refractivity contribution in [1.29, 1.82) is 0 Å². The fourth-order valence-corrected chi connectivity index (χ4v) is 5.30. The van der Waals surface area contributed by atoms with Crippen LogP contribution in [-0.4, -0.2) is 103 Å². The minimum absolute atomic E-state index is 0.0573. The highest BCUT2D eigenvalue weighted by molar-refractivity contribution is 5.93. The molecule has 2 atom stereocenters. The smallest absolute Gasteiger partial charge is 0.490 e. The van der Waals surface area contributed by atoms with Crippen molar-refractivity contribution in [3.05, 3.63) is 95.6 Å². The molecule has 0 bridgehead atoms. The number of nitrogens with zero attached hydrogens (tertiary/aromatic N) is 1. The number of nitrogens with two attached hydrogens (primary N) is 2. The number of carboxylic acids is 1. The molecule has 12 N–H and O–H groups in total. The first-order valence-corrected chi connectivity index (χ1v) is 19.6. The lowest BCUT2D eigenvalue weighted by Crippen LogP contribution is -2.48. The van der Waals surface area contributed by atoms with E-state index in [9.17, 15) is 42.3 Å². The lowest BCUT2D eigenvalue weighted by atomic mass is 9.90. The molecule has 0 spiro atoms. The Morgan fingerprint density at radius 1 is 0.758 bits per heavy atom. The summed E-state index contributed by atoms with van der Waals surface area (Å²) in [5, 5.41) is 33.4. The molecule has 0 aliphatic rings. The maximum absolute atomic E-state index is 14.2. The third-order valence-electron chi connectivity index (χ3n) is 8.45. The molecule has 0 aromatic heterocycles. The Balaban J connectivity index is 0.00000173. The number of urea groups is 1. The zero-order valence-electron chi connectivity index (χ0n) is 34.1. The zero-order valence-corrected chi connectivity index (χ0v) is 34.1. The van der Waals surface area contributed by atoms with E-state index in [1.165, 1.54) is 12.1 Å². The number of alkyl halides is 3. The molecule has 0 radical (unpaired) electrons. The first-order valence-electron chi connectivity index (χ1n) is 19.6. The van der Waals surface area contributed by atoms with Crippen molar-refractivity contribution < 1.29 is 56.9 Å².